The minimum absolute atomic E-state index is 0.0865. The van der Waals surface area contributed by atoms with Gasteiger partial charge in [-0.2, -0.15) is 5.26 Å². The van der Waals surface area contributed by atoms with E-state index in [0.29, 0.717) is 22.6 Å². The third kappa shape index (κ3) is 4.96. The summed E-state index contributed by atoms with van der Waals surface area (Å²) in [5.74, 6) is -0.450. The van der Waals surface area contributed by atoms with E-state index in [1.54, 1.807) is 42.5 Å². The smallest absolute Gasteiger partial charge is 0.331 e. The molecule has 1 aromatic heterocycles. The van der Waals surface area contributed by atoms with Crippen LogP contribution in [0.2, 0.25) is 0 Å². The number of halogens is 1. The highest BCUT2D eigenvalue weighted by atomic mass is 127. The van der Waals surface area contributed by atoms with E-state index in [2.05, 4.69) is 34.0 Å². The van der Waals surface area contributed by atoms with Gasteiger partial charge in [0.05, 0.1) is 28.0 Å². The van der Waals surface area contributed by atoms with Crippen molar-refractivity contribution in [2.45, 2.75) is 13.2 Å². The van der Waals surface area contributed by atoms with E-state index < -0.39 is 17.8 Å². The number of nitriles is 1. The summed E-state index contributed by atoms with van der Waals surface area (Å²) in [6.45, 7) is 0.141. The van der Waals surface area contributed by atoms with Gasteiger partial charge in [-0.05, 0) is 64.6 Å². The van der Waals surface area contributed by atoms with E-state index in [1.807, 2.05) is 12.1 Å². The number of carbonyl (C=O) groups excluding carboxylic acids is 3. The molecule has 0 unspecified atom stereocenters. The number of nitrogens with zero attached hydrogens (tertiary/aromatic N) is 2. The molecule has 8 nitrogen and oxygen atoms in total. The Hall–Kier alpha value is -3.91. The zero-order valence-electron chi connectivity index (χ0n) is 17.1. The van der Waals surface area contributed by atoms with Crippen molar-refractivity contribution in [1.82, 2.24) is 10.2 Å². The molecule has 0 saturated carbocycles. The maximum Gasteiger partial charge on any atom is 0.331 e. The first kappa shape index (κ1) is 22.3. The van der Waals surface area contributed by atoms with Gasteiger partial charge in [0, 0.05) is 5.56 Å². The molecule has 0 radical (unpaired) electrons. The Balaban J connectivity index is 1.52. The Morgan fingerprint density at radius 2 is 1.94 bits per heavy atom. The van der Waals surface area contributed by atoms with Gasteiger partial charge in [0.15, 0.2) is 0 Å². The van der Waals surface area contributed by atoms with Crippen molar-refractivity contribution in [3.8, 4) is 11.8 Å². The minimum Gasteiger partial charge on any atom is -0.488 e. The second kappa shape index (κ2) is 9.70. The van der Waals surface area contributed by atoms with Gasteiger partial charge in [-0.3, -0.25) is 19.8 Å². The molecule has 3 aromatic rings. The van der Waals surface area contributed by atoms with Crippen LogP contribution in [0.5, 0.6) is 5.75 Å². The molecule has 4 amide bonds. The zero-order valence-corrected chi connectivity index (χ0v) is 19.2. The predicted octanol–water partition coefficient (Wildman–Crippen LogP) is 4.00. The number of carbonyl (C=O) groups is 3. The summed E-state index contributed by atoms with van der Waals surface area (Å²) in [6.07, 6.45) is 2.87. The number of ether oxygens (including phenoxy) is 1. The molecule has 1 aliphatic rings. The Morgan fingerprint density at radius 1 is 1.12 bits per heavy atom. The normalized spacial score (nSPS) is 14.8. The molecule has 2 aromatic carbocycles. The Bertz CT molecular complexity index is 1310. The molecule has 1 saturated heterocycles. The topological polar surface area (TPSA) is 113 Å². The minimum atomic E-state index is -0.797. The number of furan rings is 1. The second-order valence-electron chi connectivity index (χ2n) is 7.04. The third-order valence-electron chi connectivity index (χ3n) is 4.87. The SMILES string of the molecule is N#Cc1ccccc1COc1ccc(/C=C2\C(=O)NC(=O)N(Cc3ccco3)C2=O)cc1I. The molecule has 33 heavy (non-hydrogen) atoms. The lowest BCUT2D eigenvalue weighted by molar-refractivity contribution is -0.130. The number of nitrogens with one attached hydrogen (secondary N) is 1. The number of urea groups is 1. The summed E-state index contributed by atoms with van der Waals surface area (Å²) in [4.78, 5) is 38.2. The van der Waals surface area contributed by atoms with Crippen LogP contribution in [0.4, 0.5) is 4.79 Å². The van der Waals surface area contributed by atoms with E-state index in [9.17, 15) is 19.6 Å². The van der Waals surface area contributed by atoms with Gasteiger partial charge < -0.3 is 9.15 Å². The highest BCUT2D eigenvalue weighted by Crippen LogP contribution is 2.26. The number of amides is 4. The van der Waals surface area contributed by atoms with E-state index in [1.165, 1.54) is 12.3 Å². The van der Waals surface area contributed by atoms with Crippen molar-refractivity contribution in [3.05, 3.63) is 92.5 Å². The third-order valence-corrected chi connectivity index (χ3v) is 5.71. The molecule has 1 N–H and O–H groups in total. The standard InChI is InChI=1S/C24H16IN3O5/c25-20-11-15(7-8-21(20)33-14-17-5-2-1-4-16(17)12-26)10-19-22(29)27-24(31)28(23(19)30)13-18-6-3-9-32-18/h1-11H,13-14H2,(H,27,29,31)/b19-10+. The average molecular weight is 553 g/mol. The summed E-state index contributed by atoms with van der Waals surface area (Å²) in [5, 5.41) is 11.4. The van der Waals surface area contributed by atoms with Crippen molar-refractivity contribution in [1.29, 1.82) is 5.26 Å². The van der Waals surface area contributed by atoms with Gasteiger partial charge in [-0.15, -0.1) is 0 Å². The van der Waals surface area contributed by atoms with E-state index in [-0.39, 0.29) is 18.7 Å². The monoisotopic (exact) mass is 553 g/mol. The van der Waals surface area contributed by atoms with Gasteiger partial charge in [0.2, 0.25) is 0 Å². The van der Waals surface area contributed by atoms with Gasteiger partial charge in [0.1, 0.15) is 23.7 Å². The summed E-state index contributed by atoms with van der Waals surface area (Å²) in [7, 11) is 0. The molecule has 0 bridgehead atoms. The van der Waals surface area contributed by atoms with Crippen LogP contribution in [-0.2, 0) is 22.7 Å². The Morgan fingerprint density at radius 3 is 2.67 bits per heavy atom. The summed E-state index contributed by atoms with van der Waals surface area (Å²) in [6, 6.07) is 17.0. The number of benzene rings is 2. The maximum atomic E-state index is 12.8. The molecule has 0 atom stereocenters. The highest BCUT2D eigenvalue weighted by molar-refractivity contribution is 14.1. The van der Waals surface area contributed by atoms with E-state index in [0.717, 1.165) is 14.0 Å². The van der Waals surface area contributed by atoms with Crippen LogP contribution in [0.15, 0.2) is 70.9 Å². The summed E-state index contributed by atoms with van der Waals surface area (Å²) < 4.78 is 11.8. The first-order chi connectivity index (χ1) is 16.0. The van der Waals surface area contributed by atoms with E-state index >= 15 is 0 Å². The summed E-state index contributed by atoms with van der Waals surface area (Å²) >= 11 is 2.09. The molecule has 2 heterocycles. The number of barbiturate groups is 1. The van der Waals surface area contributed by atoms with Crippen LogP contribution in [0, 0.1) is 14.9 Å². The fourth-order valence-electron chi connectivity index (χ4n) is 3.20. The molecule has 4 rings (SSSR count). The van der Waals surface area contributed by atoms with E-state index in [4.69, 9.17) is 9.15 Å². The fourth-order valence-corrected chi connectivity index (χ4v) is 3.89. The number of rotatable bonds is 6. The fraction of sp³-hybridized carbons (Fsp3) is 0.0833. The molecule has 1 fully saturated rings. The lowest BCUT2D eigenvalue weighted by atomic mass is 10.1. The van der Waals surface area contributed by atoms with Gasteiger partial charge in [-0.1, -0.05) is 24.3 Å². The maximum absolute atomic E-state index is 12.8. The first-order valence-corrected chi connectivity index (χ1v) is 10.9. The van der Waals surface area contributed by atoms with Crippen molar-refractivity contribution < 1.29 is 23.5 Å². The molecule has 1 aliphatic heterocycles. The Labute approximate surface area is 202 Å². The van der Waals surface area contributed by atoms with Gasteiger partial charge >= 0.3 is 6.03 Å². The zero-order chi connectivity index (χ0) is 23.4. The lowest BCUT2D eigenvalue weighted by Gasteiger charge is -2.25. The highest BCUT2D eigenvalue weighted by Gasteiger charge is 2.36. The average Bonchev–Trinajstić information content (AvgIpc) is 3.32. The Kier molecular flexibility index (Phi) is 6.55. The number of imide groups is 2. The molecule has 0 aliphatic carbocycles. The quantitative estimate of drug-likeness (QED) is 0.281. The molecular weight excluding hydrogens is 537 g/mol. The van der Waals surface area contributed by atoms with Crippen molar-refractivity contribution in [2.24, 2.45) is 0 Å². The van der Waals surface area contributed by atoms with Crippen LogP contribution in [0.25, 0.3) is 6.08 Å². The molecule has 0 spiro atoms. The first-order valence-electron chi connectivity index (χ1n) is 9.78. The lowest BCUT2D eigenvalue weighted by Crippen LogP contribution is -2.53. The molecular formula is C24H16IN3O5. The van der Waals surface area contributed by atoms with Crippen molar-refractivity contribution in [3.63, 3.8) is 0 Å². The van der Waals surface area contributed by atoms with Crippen LogP contribution < -0.4 is 10.1 Å². The largest absolute Gasteiger partial charge is 0.488 e. The van der Waals surface area contributed by atoms with Crippen LogP contribution in [-0.4, -0.2) is 22.7 Å². The summed E-state index contributed by atoms with van der Waals surface area (Å²) in [5.41, 5.74) is 1.75. The second-order valence-corrected chi connectivity index (χ2v) is 8.20. The number of hydrogen-bond acceptors (Lipinski definition) is 6. The van der Waals surface area contributed by atoms with Crippen LogP contribution in [0.3, 0.4) is 0 Å². The predicted molar refractivity (Wildman–Crippen MR) is 125 cm³/mol. The van der Waals surface area contributed by atoms with Crippen molar-refractivity contribution in [2.75, 3.05) is 0 Å². The molecule has 9 heteroatoms. The van der Waals surface area contributed by atoms with Crippen LogP contribution >= 0.6 is 22.6 Å². The molecule has 164 valence electrons. The van der Waals surface area contributed by atoms with Gasteiger partial charge in [-0.25, -0.2) is 4.79 Å². The van der Waals surface area contributed by atoms with Crippen molar-refractivity contribution >= 4 is 46.5 Å². The van der Waals surface area contributed by atoms with Gasteiger partial charge in [0.25, 0.3) is 11.8 Å². The van der Waals surface area contributed by atoms with Crippen LogP contribution in [0.1, 0.15) is 22.5 Å². The number of hydrogen-bond donors (Lipinski definition) is 1.